The van der Waals surface area contributed by atoms with Crippen LogP contribution in [-0.2, 0) is 10.0 Å². The molecule has 152 valence electrons. The Morgan fingerprint density at radius 2 is 2.04 bits per heavy atom. The van der Waals surface area contributed by atoms with Crippen LogP contribution in [0.3, 0.4) is 0 Å². The van der Waals surface area contributed by atoms with Crippen molar-refractivity contribution in [3.63, 3.8) is 0 Å². The SMILES string of the molecule is CN=C(NCCNS(=O)(=O)c1cccc([N+](=O)[O-])c1)NCC(C)c1cccs1. The molecule has 0 amide bonds. The maximum Gasteiger partial charge on any atom is 0.270 e. The second-order valence-corrected chi connectivity index (χ2v) is 8.69. The van der Waals surface area contributed by atoms with Crippen LogP contribution in [0.2, 0.25) is 0 Å². The summed E-state index contributed by atoms with van der Waals surface area (Å²) in [5, 5.41) is 19.1. The lowest BCUT2D eigenvalue weighted by molar-refractivity contribution is -0.385. The highest BCUT2D eigenvalue weighted by Gasteiger charge is 2.17. The minimum atomic E-state index is -3.83. The van der Waals surface area contributed by atoms with Crippen molar-refractivity contribution in [2.24, 2.45) is 4.99 Å². The van der Waals surface area contributed by atoms with Gasteiger partial charge in [0, 0.05) is 49.6 Å². The second kappa shape index (κ2) is 10.2. The number of thiophene rings is 1. The van der Waals surface area contributed by atoms with Crippen molar-refractivity contribution in [2.45, 2.75) is 17.7 Å². The van der Waals surface area contributed by atoms with Gasteiger partial charge in [-0.2, -0.15) is 0 Å². The molecular formula is C17H23N5O4S2. The lowest BCUT2D eigenvalue weighted by Crippen LogP contribution is -2.42. The molecule has 1 aromatic carbocycles. The molecule has 3 N–H and O–H groups in total. The van der Waals surface area contributed by atoms with Crippen molar-refractivity contribution in [2.75, 3.05) is 26.7 Å². The van der Waals surface area contributed by atoms with E-state index in [1.54, 1.807) is 18.4 Å². The lowest BCUT2D eigenvalue weighted by Gasteiger charge is -2.15. The average molecular weight is 426 g/mol. The van der Waals surface area contributed by atoms with Crippen LogP contribution in [0.1, 0.15) is 17.7 Å². The highest BCUT2D eigenvalue weighted by Crippen LogP contribution is 2.19. The van der Waals surface area contributed by atoms with E-state index in [1.165, 1.54) is 23.1 Å². The summed E-state index contributed by atoms with van der Waals surface area (Å²) < 4.78 is 26.9. The summed E-state index contributed by atoms with van der Waals surface area (Å²) >= 11 is 1.70. The van der Waals surface area contributed by atoms with E-state index in [9.17, 15) is 18.5 Å². The summed E-state index contributed by atoms with van der Waals surface area (Å²) in [5.74, 6) is 0.892. The highest BCUT2D eigenvalue weighted by molar-refractivity contribution is 7.89. The number of benzene rings is 1. The van der Waals surface area contributed by atoms with Crippen LogP contribution in [0.15, 0.2) is 51.7 Å². The first-order valence-corrected chi connectivity index (χ1v) is 10.9. The maximum absolute atomic E-state index is 12.3. The van der Waals surface area contributed by atoms with Crippen molar-refractivity contribution < 1.29 is 13.3 Å². The van der Waals surface area contributed by atoms with Gasteiger partial charge in [0.15, 0.2) is 5.96 Å². The van der Waals surface area contributed by atoms with Crippen LogP contribution in [0.5, 0.6) is 0 Å². The Bertz CT molecular complexity index is 913. The fourth-order valence-electron chi connectivity index (χ4n) is 2.36. The molecule has 0 saturated carbocycles. The number of nitrogens with one attached hydrogen (secondary N) is 3. The molecular weight excluding hydrogens is 402 g/mol. The van der Waals surface area contributed by atoms with Crippen molar-refractivity contribution >= 4 is 33.0 Å². The summed E-state index contributed by atoms with van der Waals surface area (Å²) in [6.45, 7) is 3.21. The molecule has 0 bridgehead atoms. The van der Waals surface area contributed by atoms with Crippen LogP contribution in [0.4, 0.5) is 5.69 Å². The van der Waals surface area contributed by atoms with Crippen molar-refractivity contribution in [1.29, 1.82) is 0 Å². The molecule has 11 heteroatoms. The fourth-order valence-corrected chi connectivity index (χ4v) is 4.21. The number of nitrogens with zero attached hydrogens (tertiary/aromatic N) is 2. The van der Waals surface area contributed by atoms with Gasteiger partial charge in [0.2, 0.25) is 10.0 Å². The molecule has 1 aromatic heterocycles. The first kappa shape index (κ1) is 21.8. The zero-order chi connectivity index (χ0) is 20.6. The van der Waals surface area contributed by atoms with Gasteiger partial charge in [0.1, 0.15) is 0 Å². The molecule has 0 aliphatic rings. The molecule has 9 nitrogen and oxygen atoms in total. The monoisotopic (exact) mass is 425 g/mol. The quantitative estimate of drug-likeness (QED) is 0.185. The first-order chi connectivity index (χ1) is 13.3. The summed E-state index contributed by atoms with van der Waals surface area (Å²) in [4.78, 5) is 15.4. The number of aliphatic imine (C=N–C) groups is 1. The topological polar surface area (TPSA) is 126 Å². The molecule has 1 unspecified atom stereocenters. The maximum atomic E-state index is 12.3. The second-order valence-electron chi connectivity index (χ2n) is 5.95. The summed E-state index contributed by atoms with van der Waals surface area (Å²) in [6.07, 6.45) is 0. The first-order valence-electron chi connectivity index (χ1n) is 8.55. The Balaban J connectivity index is 1.80. The zero-order valence-electron chi connectivity index (χ0n) is 15.6. The van der Waals surface area contributed by atoms with E-state index in [4.69, 9.17) is 0 Å². The largest absolute Gasteiger partial charge is 0.356 e. The summed E-state index contributed by atoms with van der Waals surface area (Å²) in [6, 6.07) is 9.02. The van der Waals surface area contributed by atoms with E-state index < -0.39 is 14.9 Å². The third-order valence-corrected chi connectivity index (χ3v) is 6.44. The fraction of sp³-hybridized carbons (Fsp3) is 0.353. The molecule has 28 heavy (non-hydrogen) atoms. The van der Waals surface area contributed by atoms with Crippen LogP contribution in [0, 0.1) is 10.1 Å². The average Bonchev–Trinajstić information content (AvgIpc) is 3.22. The zero-order valence-corrected chi connectivity index (χ0v) is 17.2. The van der Waals surface area contributed by atoms with Gasteiger partial charge < -0.3 is 10.6 Å². The predicted molar refractivity (Wildman–Crippen MR) is 110 cm³/mol. The smallest absolute Gasteiger partial charge is 0.270 e. The van der Waals surface area contributed by atoms with Crippen LogP contribution in [0.25, 0.3) is 0 Å². The summed E-state index contributed by atoms with van der Waals surface area (Å²) in [7, 11) is -2.19. The van der Waals surface area contributed by atoms with Crippen molar-refractivity contribution in [3.8, 4) is 0 Å². The Labute approximate surface area is 168 Å². The molecule has 2 aromatic rings. The number of sulfonamides is 1. The van der Waals surface area contributed by atoms with Gasteiger partial charge in [-0.1, -0.05) is 19.1 Å². The van der Waals surface area contributed by atoms with Crippen LogP contribution in [-0.4, -0.2) is 46.0 Å². The van der Waals surface area contributed by atoms with Crippen LogP contribution >= 0.6 is 11.3 Å². The number of hydrogen-bond donors (Lipinski definition) is 3. The van der Waals surface area contributed by atoms with E-state index in [-0.39, 0.29) is 17.1 Å². The van der Waals surface area contributed by atoms with Crippen molar-refractivity contribution in [1.82, 2.24) is 15.4 Å². The Morgan fingerprint density at radius 1 is 1.25 bits per heavy atom. The van der Waals surface area contributed by atoms with Crippen molar-refractivity contribution in [3.05, 3.63) is 56.8 Å². The molecule has 0 radical (unpaired) electrons. The third kappa shape index (κ3) is 6.29. The van der Waals surface area contributed by atoms with Gasteiger partial charge in [0.25, 0.3) is 5.69 Å². The number of non-ortho nitro benzene ring substituents is 1. The number of guanidine groups is 1. The van der Waals surface area contributed by atoms with E-state index in [0.29, 0.717) is 25.0 Å². The molecule has 1 atom stereocenters. The minimum Gasteiger partial charge on any atom is -0.356 e. The van der Waals surface area contributed by atoms with Gasteiger partial charge in [0.05, 0.1) is 9.82 Å². The van der Waals surface area contributed by atoms with E-state index in [0.717, 1.165) is 6.07 Å². The normalized spacial score (nSPS) is 13.1. The number of nitro benzene ring substituents is 1. The standard InChI is InChI=1S/C17H23N5O4S2/c1-13(16-7-4-10-27-16)12-20-17(18-2)19-8-9-21-28(25,26)15-6-3-5-14(11-15)22(23)24/h3-7,10-11,13,21H,8-9,12H2,1-2H3,(H2,18,19,20). The molecule has 0 saturated heterocycles. The number of hydrogen-bond acceptors (Lipinski definition) is 6. The highest BCUT2D eigenvalue weighted by atomic mass is 32.2. The lowest BCUT2D eigenvalue weighted by atomic mass is 10.1. The van der Waals surface area contributed by atoms with E-state index in [1.807, 2.05) is 11.4 Å². The molecule has 0 fully saturated rings. The predicted octanol–water partition coefficient (Wildman–Crippen LogP) is 1.90. The number of rotatable bonds is 9. The minimum absolute atomic E-state index is 0.103. The van der Waals surface area contributed by atoms with Crippen LogP contribution < -0.4 is 15.4 Å². The van der Waals surface area contributed by atoms with Gasteiger partial charge in [-0.05, 0) is 17.5 Å². The molecule has 1 heterocycles. The summed E-state index contributed by atoms with van der Waals surface area (Å²) in [5.41, 5.74) is -0.273. The Morgan fingerprint density at radius 3 is 2.68 bits per heavy atom. The molecule has 0 aliphatic carbocycles. The van der Waals surface area contributed by atoms with E-state index >= 15 is 0 Å². The Kier molecular flexibility index (Phi) is 7.91. The third-order valence-electron chi connectivity index (χ3n) is 3.88. The number of nitro groups is 1. The Hall–Kier alpha value is -2.50. The van der Waals surface area contributed by atoms with Gasteiger partial charge in [-0.25, -0.2) is 13.1 Å². The van der Waals surface area contributed by atoms with Gasteiger partial charge in [-0.15, -0.1) is 11.3 Å². The molecule has 0 aliphatic heterocycles. The molecule has 0 spiro atoms. The van der Waals surface area contributed by atoms with E-state index in [2.05, 4.69) is 33.3 Å². The van der Waals surface area contributed by atoms with Gasteiger partial charge >= 0.3 is 0 Å². The van der Waals surface area contributed by atoms with Gasteiger partial charge in [-0.3, -0.25) is 15.1 Å². The molecule has 2 rings (SSSR count).